The van der Waals surface area contributed by atoms with Crippen molar-refractivity contribution in [2.24, 2.45) is 0 Å². The summed E-state index contributed by atoms with van der Waals surface area (Å²) in [6.45, 7) is 1.71. The summed E-state index contributed by atoms with van der Waals surface area (Å²) in [5.41, 5.74) is 6.50. The number of nitrogens with one attached hydrogen (secondary N) is 2. The fourth-order valence-corrected chi connectivity index (χ4v) is 1.98. The molecule has 0 aliphatic heterocycles. The third-order valence-electron chi connectivity index (χ3n) is 3.34. The Bertz CT molecular complexity index is 726. The predicted molar refractivity (Wildman–Crippen MR) is 88.8 cm³/mol. The minimum atomic E-state index is -0.533. The van der Waals surface area contributed by atoms with Gasteiger partial charge in [0.2, 0.25) is 0 Å². The van der Waals surface area contributed by atoms with Gasteiger partial charge in [-0.25, -0.2) is 0 Å². The zero-order valence-corrected chi connectivity index (χ0v) is 13.2. The van der Waals surface area contributed by atoms with E-state index in [0.29, 0.717) is 23.2 Å². The van der Waals surface area contributed by atoms with Crippen LogP contribution in [0, 0.1) is 0 Å². The Balaban J connectivity index is 1.82. The number of carbonyl (C=O) groups excluding carboxylic acids is 3. The maximum Gasteiger partial charge on any atom is 0.276 e. The van der Waals surface area contributed by atoms with Crippen molar-refractivity contribution in [2.75, 3.05) is 6.61 Å². The van der Waals surface area contributed by atoms with Gasteiger partial charge in [-0.05, 0) is 36.2 Å². The molecule has 0 saturated carbocycles. The molecule has 2 N–H and O–H groups in total. The third-order valence-corrected chi connectivity index (χ3v) is 3.34. The Morgan fingerprint density at radius 1 is 1.04 bits per heavy atom. The van der Waals surface area contributed by atoms with Crippen LogP contribution in [-0.2, 0) is 11.2 Å². The first-order valence-electron chi connectivity index (χ1n) is 7.49. The summed E-state index contributed by atoms with van der Waals surface area (Å²) >= 11 is 0. The van der Waals surface area contributed by atoms with E-state index in [0.717, 1.165) is 12.0 Å². The highest BCUT2D eigenvalue weighted by Crippen LogP contribution is 2.15. The molecule has 0 aliphatic carbocycles. The van der Waals surface area contributed by atoms with Crippen LogP contribution in [0.15, 0.2) is 48.5 Å². The molecule has 2 aromatic carbocycles. The monoisotopic (exact) mass is 326 g/mol. The van der Waals surface area contributed by atoms with Crippen LogP contribution in [0.4, 0.5) is 0 Å². The second kappa shape index (κ2) is 8.47. The summed E-state index contributed by atoms with van der Waals surface area (Å²) in [5.74, 6) is -0.641. The Kier molecular flexibility index (Phi) is 6.08. The van der Waals surface area contributed by atoms with Crippen LogP contribution in [0.1, 0.15) is 33.2 Å². The number of para-hydroxylation sites is 1. The average molecular weight is 326 g/mol. The highest BCUT2D eigenvalue weighted by Gasteiger charge is 2.09. The summed E-state index contributed by atoms with van der Waals surface area (Å²) in [6, 6.07) is 13.7. The van der Waals surface area contributed by atoms with Crippen molar-refractivity contribution in [1.82, 2.24) is 10.9 Å². The molecule has 0 saturated heterocycles. The van der Waals surface area contributed by atoms with E-state index in [1.807, 2.05) is 19.1 Å². The number of aryl methyl sites for hydroxylation is 1. The van der Waals surface area contributed by atoms with E-state index in [-0.39, 0.29) is 6.61 Å². The normalized spacial score (nSPS) is 9.88. The van der Waals surface area contributed by atoms with Crippen LogP contribution in [0.2, 0.25) is 0 Å². The van der Waals surface area contributed by atoms with Crippen molar-refractivity contribution in [3.8, 4) is 5.75 Å². The molecule has 2 rings (SSSR count). The molecule has 0 spiro atoms. The van der Waals surface area contributed by atoms with E-state index < -0.39 is 11.8 Å². The molecule has 2 aromatic rings. The fraction of sp³-hybridized carbons (Fsp3) is 0.167. The van der Waals surface area contributed by atoms with Gasteiger partial charge in [0.25, 0.3) is 11.8 Å². The Morgan fingerprint density at radius 2 is 1.75 bits per heavy atom. The second-order valence-electron chi connectivity index (χ2n) is 5.00. The largest absolute Gasteiger partial charge is 0.483 e. The molecule has 0 bridgehead atoms. The number of aldehydes is 1. The van der Waals surface area contributed by atoms with E-state index >= 15 is 0 Å². The van der Waals surface area contributed by atoms with Crippen molar-refractivity contribution in [3.63, 3.8) is 0 Å². The van der Waals surface area contributed by atoms with Gasteiger partial charge < -0.3 is 4.74 Å². The Morgan fingerprint density at radius 3 is 2.42 bits per heavy atom. The zero-order chi connectivity index (χ0) is 17.4. The lowest BCUT2D eigenvalue weighted by Gasteiger charge is -2.10. The van der Waals surface area contributed by atoms with Crippen LogP contribution >= 0.6 is 0 Å². The highest BCUT2D eigenvalue weighted by molar-refractivity contribution is 5.95. The number of hydrogen-bond donors (Lipinski definition) is 2. The van der Waals surface area contributed by atoms with Crippen LogP contribution < -0.4 is 15.6 Å². The molecule has 0 radical (unpaired) electrons. The third kappa shape index (κ3) is 4.67. The molecule has 6 nitrogen and oxygen atoms in total. The molecule has 0 atom stereocenters. The molecule has 124 valence electrons. The maximum absolute atomic E-state index is 11.9. The fourth-order valence-electron chi connectivity index (χ4n) is 1.98. The van der Waals surface area contributed by atoms with Gasteiger partial charge in [0.1, 0.15) is 5.75 Å². The molecule has 24 heavy (non-hydrogen) atoms. The van der Waals surface area contributed by atoms with Gasteiger partial charge in [-0.3, -0.25) is 25.2 Å². The quantitative estimate of drug-likeness (QED) is 0.627. The van der Waals surface area contributed by atoms with Crippen molar-refractivity contribution in [1.29, 1.82) is 0 Å². The minimum absolute atomic E-state index is 0.309. The number of rotatable bonds is 6. The standard InChI is InChI=1S/C18H18N2O4/c1-2-13-7-9-14(10-8-13)18(23)20-19-17(22)12-24-16-6-4-3-5-15(16)11-21/h3-11H,2,12H2,1H3,(H,19,22)(H,20,23). The number of amides is 2. The van der Waals surface area contributed by atoms with Gasteiger partial charge in [-0.2, -0.15) is 0 Å². The van der Waals surface area contributed by atoms with Gasteiger partial charge in [-0.1, -0.05) is 31.2 Å². The van der Waals surface area contributed by atoms with E-state index in [2.05, 4.69) is 10.9 Å². The molecular formula is C18H18N2O4. The molecular weight excluding hydrogens is 308 g/mol. The van der Waals surface area contributed by atoms with Gasteiger partial charge >= 0.3 is 0 Å². The molecule has 6 heteroatoms. The lowest BCUT2D eigenvalue weighted by atomic mass is 10.1. The summed E-state index contributed by atoms with van der Waals surface area (Å²) < 4.78 is 5.26. The summed E-state index contributed by atoms with van der Waals surface area (Å²) in [5, 5.41) is 0. The first kappa shape index (κ1) is 17.2. The average Bonchev–Trinajstić information content (AvgIpc) is 2.64. The van der Waals surface area contributed by atoms with E-state index in [9.17, 15) is 14.4 Å². The van der Waals surface area contributed by atoms with Crippen molar-refractivity contribution >= 4 is 18.1 Å². The smallest absolute Gasteiger partial charge is 0.276 e. The van der Waals surface area contributed by atoms with Gasteiger partial charge in [0.05, 0.1) is 5.56 Å². The maximum atomic E-state index is 11.9. The number of ether oxygens (including phenoxy) is 1. The first-order valence-corrected chi connectivity index (χ1v) is 7.49. The van der Waals surface area contributed by atoms with Crippen LogP contribution in [0.5, 0.6) is 5.75 Å². The van der Waals surface area contributed by atoms with Crippen LogP contribution in [0.25, 0.3) is 0 Å². The molecule has 0 fully saturated rings. The summed E-state index contributed by atoms with van der Waals surface area (Å²) in [7, 11) is 0. The predicted octanol–water partition coefficient (Wildman–Crippen LogP) is 1.90. The zero-order valence-electron chi connectivity index (χ0n) is 13.2. The number of hydrazine groups is 1. The van der Waals surface area contributed by atoms with Crippen molar-refractivity contribution in [3.05, 3.63) is 65.2 Å². The Labute approximate surface area is 139 Å². The molecule has 0 aromatic heterocycles. The Hall–Kier alpha value is -3.15. The number of hydrogen-bond acceptors (Lipinski definition) is 4. The van der Waals surface area contributed by atoms with Crippen LogP contribution in [0.3, 0.4) is 0 Å². The van der Waals surface area contributed by atoms with Gasteiger partial charge in [0, 0.05) is 5.56 Å². The SMILES string of the molecule is CCc1ccc(C(=O)NNC(=O)COc2ccccc2C=O)cc1. The number of benzene rings is 2. The lowest BCUT2D eigenvalue weighted by molar-refractivity contribution is -0.123. The van der Waals surface area contributed by atoms with Crippen molar-refractivity contribution < 1.29 is 19.1 Å². The second-order valence-corrected chi connectivity index (χ2v) is 5.00. The minimum Gasteiger partial charge on any atom is -0.483 e. The van der Waals surface area contributed by atoms with Crippen molar-refractivity contribution in [2.45, 2.75) is 13.3 Å². The highest BCUT2D eigenvalue weighted by atomic mass is 16.5. The molecule has 2 amide bonds. The summed E-state index contributed by atoms with van der Waals surface area (Å²) in [6.07, 6.45) is 1.53. The van der Waals surface area contributed by atoms with Gasteiger partial charge in [0.15, 0.2) is 12.9 Å². The number of carbonyl (C=O) groups is 3. The van der Waals surface area contributed by atoms with E-state index in [1.54, 1.807) is 36.4 Å². The van der Waals surface area contributed by atoms with E-state index in [4.69, 9.17) is 4.74 Å². The van der Waals surface area contributed by atoms with E-state index in [1.165, 1.54) is 0 Å². The molecule has 0 heterocycles. The first-order chi connectivity index (χ1) is 11.6. The topological polar surface area (TPSA) is 84.5 Å². The van der Waals surface area contributed by atoms with Crippen LogP contribution in [-0.4, -0.2) is 24.7 Å². The lowest BCUT2D eigenvalue weighted by Crippen LogP contribution is -2.43. The molecule has 0 aliphatic rings. The molecule has 0 unspecified atom stereocenters. The van der Waals surface area contributed by atoms with Gasteiger partial charge in [-0.15, -0.1) is 0 Å². The summed E-state index contributed by atoms with van der Waals surface area (Å²) in [4.78, 5) is 34.5.